The molecule has 86 valence electrons. The Hall–Kier alpha value is -0.550. The molecule has 1 aromatic rings. The number of hydrogen-bond acceptors (Lipinski definition) is 3. The molecule has 1 aliphatic rings. The van der Waals surface area contributed by atoms with Crippen molar-refractivity contribution < 1.29 is 4.79 Å². The van der Waals surface area contributed by atoms with Gasteiger partial charge in [0.2, 0.25) is 5.91 Å². The van der Waals surface area contributed by atoms with Gasteiger partial charge in [-0.25, -0.2) is 4.98 Å². The minimum Gasteiger partial charge on any atom is -0.296 e. The third kappa shape index (κ3) is 2.25. The maximum absolute atomic E-state index is 11.8. The monoisotopic (exact) mass is 300 g/mol. The van der Waals surface area contributed by atoms with Gasteiger partial charge in [-0.05, 0) is 46.2 Å². The minimum absolute atomic E-state index is 0.135. The van der Waals surface area contributed by atoms with Crippen LogP contribution in [0.4, 0.5) is 5.82 Å². The molecule has 2 heterocycles. The highest BCUT2D eigenvalue weighted by molar-refractivity contribution is 9.10. The number of halogens is 1. The average molecular weight is 301 g/mol. The van der Waals surface area contributed by atoms with E-state index in [-0.39, 0.29) is 5.91 Å². The largest absolute Gasteiger partial charge is 0.296 e. The van der Waals surface area contributed by atoms with Gasteiger partial charge in [-0.3, -0.25) is 9.69 Å². The summed E-state index contributed by atoms with van der Waals surface area (Å²) in [6.45, 7) is 2.70. The lowest BCUT2D eigenvalue weighted by Gasteiger charge is -2.17. The molecule has 1 fully saturated rings. The molecule has 0 N–H and O–H groups in total. The molecular formula is C11H13BrN2OS. The molecule has 0 bridgehead atoms. The molecule has 1 saturated heterocycles. The van der Waals surface area contributed by atoms with Crippen LogP contribution in [0.15, 0.2) is 16.7 Å². The van der Waals surface area contributed by atoms with Crippen molar-refractivity contribution in [2.24, 2.45) is 5.92 Å². The topological polar surface area (TPSA) is 33.2 Å². The number of nitrogens with zero attached hydrogens (tertiary/aromatic N) is 2. The van der Waals surface area contributed by atoms with Crippen LogP contribution in [0.25, 0.3) is 0 Å². The lowest BCUT2D eigenvalue weighted by Crippen LogP contribution is -2.26. The molecule has 0 aliphatic carbocycles. The van der Waals surface area contributed by atoms with Crippen molar-refractivity contribution in [2.75, 3.05) is 17.2 Å². The first-order valence-electron chi connectivity index (χ1n) is 5.15. The number of amides is 1. The highest BCUT2D eigenvalue weighted by atomic mass is 79.9. The first-order valence-corrected chi connectivity index (χ1v) is 6.57. The van der Waals surface area contributed by atoms with Crippen LogP contribution in [0.1, 0.15) is 12.0 Å². The molecule has 1 atom stereocenters. The Kier molecular flexibility index (Phi) is 3.54. The molecule has 1 unspecified atom stereocenters. The average Bonchev–Trinajstić information content (AvgIpc) is 2.60. The van der Waals surface area contributed by atoms with Crippen LogP contribution >= 0.6 is 28.6 Å². The van der Waals surface area contributed by atoms with Crippen LogP contribution < -0.4 is 4.90 Å². The summed E-state index contributed by atoms with van der Waals surface area (Å²) in [5.74, 6) is 1.94. The van der Waals surface area contributed by atoms with E-state index in [1.165, 1.54) is 0 Å². The maximum atomic E-state index is 11.8. The molecule has 0 saturated carbocycles. The minimum atomic E-state index is 0.135. The van der Waals surface area contributed by atoms with E-state index in [2.05, 4.69) is 33.5 Å². The second kappa shape index (κ2) is 4.75. The lowest BCUT2D eigenvalue weighted by molar-refractivity contribution is -0.117. The van der Waals surface area contributed by atoms with Crippen molar-refractivity contribution in [3.63, 3.8) is 0 Å². The smallest absolute Gasteiger partial charge is 0.228 e. The molecule has 0 aromatic carbocycles. The Morgan fingerprint density at radius 3 is 3.00 bits per heavy atom. The Morgan fingerprint density at radius 2 is 2.44 bits per heavy atom. The van der Waals surface area contributed by atoms with Gasteiger partial charge in [-0.1, -0.05) is 0 Å². The molecule has 1 aliphatic heterocycles. The van der Waals surface area contributed by atoms with Crippen LogP contribution in [-0.2, 0) is 4.79 Å². The van der Waals surface area contributed by atoms with E-state index < -0.39 is 0 Å². The van der Waals surface area contributed by atoms with Gasteiger partial charge >= 0.3 is 0 Å². The molecule has 1 amide bonds. The van der Waals surface area contributed by atoms with Gasteiger partial charge in [-0.15, -0.1) is 0 Å². The predicted octanol–water partition coefficient (Wildman–Crippen LogP) is 2.44. The maximum Gasteiger partial charge on any atom is 0.228 e. The van der Waals surface area contributed by atoms with Gasteiger partial charge in [0, 0.05) is 19.2 Å². The van der Waals surface area contributed by atoms with E-state index >= 15 is 0 Å². The normalized spacial score (nSPS) is 20.6. The summed E-state index contributed by atoms with van der Waals surface area (Å²) in [7, 11) is 0. The Morgan fingerprint density at radius 1 is 1.69 bits per heavy atom. The number of carbonyl (C=O) groups is 1. The first-order chi connectivity index (χ1) is 7.61. The van der Waals surface area contributed by atoms with Gasteiger partial charge < -0.3 is 0 Å². The van der Waals surface area contributed by atoms with Gasteiger partial charge in [-0.2, -0.15) is 12.6 Å². The van der Waals surface area contributed by atoms with E-state index in [4.69, 9.17) is 0 Å². The molecule has 3 nitrogen and oxygen atoms in total. The van der Waals surface area contributed by atoms with E-state index in [0.717, 1.165) is 28.2 Å². The summed E-state index contributed by atoms with van der Waals surface area (Å²) in [5.41, 5.74) is 1.08. The van der Waals surface area contributed by atoms with Gasteiger partial charge in [0.1, 0.15) is 5.82 Å². The van der Waals surface area contributed by atoms with Crippen molar-refractivity contribution >= 4 is 40.3 Å². The Balaban J connectivity index is 2.28. The molecule has 0 radical (unpaired) electrons. The number of thiol groups is 1. The van der Waals surface area contributed by atoms with Crippen molar-refractivity contribution in [3.05, 3.63) is 22.3 Å². The predicted molar refractivity (Wildman–Crippen MR) is 71.0 cm³/mol. The lowest BCUT2D eigenvalue weighted by atomic mass is 10.1. The number of aryl methyl sites for hydroxylation is 1. The third-order valence-corrected chi connectivity index (χ3v) is 3.78. The molecule has 1 aromatic heterocycles. The second-order valence-corrected chi connectivity index (χ2v) is 5.29. The fraction of sp³-hybridized carbons (Fsp3) is 0.455. The van der Waals surface area contributed by atoms with Crippen LogP contribution in [0.2, 0.25) is 0 Å². The Bertz CT molecular complexity index is 424. The van der Waals surface area contributed by atoms with Crippen molar-refractivity contribution in [2.45, 2.75) is 13.3 Å². The van der Waals surface area contributed by atoms with Crippen LogP contribution in [0.3, 0.4) is 0 Å². The van der Waals surface area contributed by atoms with E-state index in [1.807, 2.05) is 13.0 Å². The molecule has 16 heavy (non-hydrogen) atoms. The molecule has 2 rings (SSSR count). The summed E-state index contributed by atoms with van der Waals surface area (Å²) in [5, 5.41) is 0. The summed E-state index contributed by atoms with van der Waals surface area (Å²) >= 11 is 7.69. The summed E-state index contributed by atoms with van der Waals surface area (Å²) in [6.07, 6.45) is 2.35. The zero-order valence-corrected chi connectivity index (χ0v) is 11.5. The standard InChI is InChI=1S/C11H13BrN2OS/c1-7-2-9(12)11(13-4-7)14-5-8(6-16)3-10(14)15/h2,4,8,16H,3,5-6H2,1H3. The first kappa shape index (κ1) is 11.9. The van der Waals surface area contributed by atoms with E-state index in [9.17, 15) is 4.79 Å². The number of carbonyl (C=O) groups excluding carboxylic acids is 1. The van der Waals surface area contributed by atoms with Crippen molar-refractivity contribution in [1.82, 2.24) is 4.98 Å². The molecular weight excluding hydrogens is 288 g/mol. The second-order valence-electron chi connectivity index (χ2n) is 4.08. The van der Waals surface area contributed by atoms with Gasteiger partial charge in [0.25, 0.3) is 0 Å². The summed E-state index contributed by atoms with van der Waals surface area (Å²) < 4.78 is 0.876. The number of hydrogen-bond donors (Lipinski definition) is 1. The molecule has 0 spiro atoms. The molecule has 5 heteroatoms. The number of pyridine rings is 1. The van der Waals surface area contributed by atoms with Crippen LogP contribution in [-0.4, -0.2) is 23.2 Å². The van der Waals surface area contributed by atoms with Crippen molar-refractivity contribution in [1.29, 1.82) is 0 Å². The van der Waals surface area contributed by atoms with Crippen LogP contribution in [0, 0.1) is 12.8 Å². The number of anilines is 1. The summed E-state index contributed by atoms with van der Waals surface area (Å²) in [6, 6.07) is 1.98. The highest BCUT2D eigenvalue weighted by Gasteiger charge is 2.31. The van der Waals surface area contributed by atoms with Gasteiger partial charge in [0.05, 0.1) is 4.47 Å². The number of aromatic nitrogens is 1. The number of rotatable bonds is 2. The zero-order valence-electron chi connectivity index (χ0n) is 8.98. The highest BCUT2D eigenvalue weighted by Crippen LogP contribution is 2.30. The fourth-order valence-electron chi connectivity index (χ4n) is 1.83. The summed E-state index contributed by atoms with van der Waals surface area (Å²) in [4.78, 5) is 17.9. The third-order valence-electron chi connectivity index (χ3n) is 2.68. The van der Waals surface area contributed by atoms with Crippen molar-refractivity contribution in [3.8, 4) is 0 Å². The fourth-order valence-corrected chi connectivity index (χ4v) is 2.76. The SMILES string of the molecule is Cc1cnc(N2CC(CS)CC2=O)c(Br)c1. The van der Waals surface area contributed by atoms with E-state index in [1.54, 1.807) is 11.1 Å². The van der Waals surface area contributed by atoms with E-state index in [0.29, 0.717) is 12.3 Å². The quantitative estimate of drug-likeness (QED) is 0.851. The van der Waals surface area contributed by atoms with Crippen LogP contribution in [0.5, 0.6) is 0 Å². The zero-order chi connectivity index (χ0) is 11.7. The Labute approximate surface area is 109 Å². The van der Waals surface area contributed by atoms with Gasteiger partial charge in [0.15, 0.2) is 0 Å².